The Morgan fingerprint density at radius 3 is 2.75 bits per heavy atom. The van der Waals surface area contributed by atoms with E-state index in [1.54, 1.807) is 18.4 Å². The van der Waals surface area contributed by atoms with E-state index in [0.717, 1.165) is 38.2 Å². The van der Waals surface area contributed by atoms with E-state index in [-0.39, 0.29) is 5.91 Å². The highest BCUT2D eigenvalue weighted by atomic mass is 32.1. The van der Waals surface area contributed by atoms with Gasteiger partial charge in [-0.2, -0.15) is 0 Å². The second-order valence-corrected chi connectivity index (χ2v) is 7.09. The van der Waals surface area contributed by atoms with E-state index in [1.165, 1.54) is 9.71 Å². The molecule has 1 aromatic carbocycles. The third-order valence-corrected chi connectivity index (χ3v) is 5.18. The molecule has 3 rings (SSSR count). The summed E-state index contributed by atoms with van der Waals surface area (Å²) in [6.45, 7) is 6.29. The normalized spacial score (nSPS) is 16.5. The lowest BCUT2D eigenvalue weighted by Gasteiger charge is -2.33. The van der Waals surface area contributed by atoms with Crippen LogP contribution in [0, 0.1) is 0 Å². The van der Waals surface area contributed by atoms with E-state index in [2.05, 4.69) is 33.3 Å². The number of rotatable bonds is 7. The third kappa shape index (κ3) is 4.73. The molecule has 0 spiro atoms. The van der Waals surface area contributed by atoms with Gasteiger partial charge in [-0.25, -0.2) is 4.98 Å². The minimum Gasteiger partial charge on any atom is -0.383 e. The van der Waals surface area contributed by atoms with Crippen molar-refractivity contribution in [1.82, 2.24) is 20.1 Å². The van der Waals surface area contributed by atoms with Gasteiger partial charge in [0.05, 0.1) is 29.9 Å². The van der Waals surface area contributed by atoms with Crippen LogP contribution in [0.1, 0.15) is 5.01 Å². The first kappa shape index (κ1) is 17.3. The molecule has 24 heavy (non-hydrogen) atoms. The van der Waals surface area contributed by atoms with E-state index in [9.17, 15) is 4.79 Å². The predicted octanol–water partition coefficient (Wildman–Crippen LogP) is 1.18. The van der Waals surface area contributed by atoms with Crippen LogP contribution < -0.4 is 5.32 Å². The zero-order valence-electron chi connectivity index (χ0n) is 14.0. The van der Waals surface area contributed by atoms with Gasteiger partial charge in [-0.15, -0.1) is 11.3 Å². The summed E-state index contributed by atoms with van der Waals surface area (Å²) in [4.78, 5) is 21.2. The number of ether oxygens (including phenoxy) is 1. The van der Waals surface area contributed by atoms with Crippen LogP contribution in [0.3, 0.4) is 0 Å². The standard InChI is InChI=1S/C17H24N4O2S/c1-23-11-6-18-16(22)12-20-7-9-21(10-8-20)13-17-19-14-4-2-3-5-15(14)24-17/h2-5H,6-13H2,1H3,(H,18,22). The molecule has 0 radical (unpaired) electrons. The molecular formula is C17H24N4O2S. The first-order chi connectivity index (χ1) is 11.7. The van der Waals surface area contributed by atoms with E-state index in [4.69, 9.17) is 9.72 Å². The summed E-state index contributed by atoms with van der Waals surface area (Å²) in [6.07, 6.45) is 0. The quantitative estimate of drug-likeness (QED) is 0.762. The van der Waals surface area contributed by atoms with E-state index in [0.29, 0.717) is 19.7 Å². The zero-order chi connectivity index (χ0) is 16.8. The lowest BCUT2D eigenvalue weighted by molar-refractivity contribution is -0.122. The number of hydrogen-bond acceptors (Lipinski definition) is 6. The molecule has 0 unspecified atom stereocenters. The fourth-order valence-electron chi connectivity index (χ4n) is 2.84. The molecule has 0 aliphatic carbocycles. The number of carbonyl (C=O) groups is 1. The average Bonchev–Trinajstić information content (AvgIpc) is 2.99. The number of hydrogen-bond donors (Lipinski definition) is 1. The fourth-order valence-corrected chi connectivity index (χ4v) is 3.85. The Kier molecular flexibility index (Phi) is 6.14. The van der Waals surface area contributed by atoms with Crippen LogP contribution >= 0.6 is 11.3 Å². The lowest BCUT2D eigenvalue weighted by Crippen LogP contribution is -2.49. The summed E-state index contributed by atoms with van der Waals surface area (Å²) >= 11 is 1.77. The molecule has 1 saturated heterocycles. The van der Waals surface area contributed by atoms with Crippen LogP contribution in [-0.2, 0) is 16.1 Å². The highest BCUT2D eigenvalue weighted by Gasteiger charge is 2.19. The molecular weight excluding hydrogens is 324 g/mol. The second kappa shape index (κ2) is 8.53. The number of benzene rings is 1. The van der Waals surface area contributed by atoms with Gasteiger partial charge in [0.1, 0.15) is 5.01 Å². The minimum absolute atomic E-state index is 0.0756. The van der Waals surface area contributed by atoms with Gasteiger partial charge in [0.25, 0.3) is 0 Å². The lowest BCUT2D eigenvalue weighted by atomic mass is 10.3. The maximum atomic E-state index is 11.8. The molecule has 1 amide bonds. The number of nitrogens with one attached hydrogen (secondary N) is 1. The van der Waals surface area contributed by atoms with Crippen molar-refractivity contribution in [2.45, 2.75) is 6.54 Å². The molecule has 2 aromatic rings. The Labute approximate surface area is 146 Å². The minimum atomic E-state index is 0.0756. The molecule has 0 bridgehead atoms. The van der Waals surface area contributed by atoms with Crippen LogP contribution in [-0.4, -0.2) is 73.7 Å². The molecule has 1 aliphatic rings. The van der Waals surface area contributed by atoms with E-state index < -0.39 is 0 Å². The Morgan fingerprint density at radius 1 is 1.25 bits per heavy atom. The van der Waals surface area contributed by atoms with Gasteiger partial charge in [-0.1, -0.05) is 12.1 Å². The highest BCUT2D eigenvalue weighted by molar-refractivity contribution is 7.18. The van der Waals surface area contributed by atoms with Crippen molar-refractivity contribution in [3.8, 4) is 0 Å². The summed E-state index contributed by atoms with van der Waals surface area (Å²) in [5.41, 5.74) is 1.09. The van der Waals surface area contributed by atoms with E-state index in [1.807, 2.05) is 6.07 Å². The number of para-hydroxylation sites is 1. The second-order valence-electron chi connectivity index (χ2n) is 5.97. The van der Waals surface area contributed by atoms with Crippen LogP contribution in [0.25, 0.3) is 10.2 Å². The Bertz CT molecular complexity index is 634. The van der Waals surface area contributed by atoms with Gasteiger partial charge in [0, 0.05) is 39.8 Å². The first-order valence-corrected chi connectivity index (χ1v) is 9.11. The summed E-state index contributed by atoms with van der Waals surface area (Å²) < 4.78 is 6.18. The van der Waals surface area contributed by atoms with Gasteiger partial charge < -0.3 is 10.1 Å². The highest BCUT2D eigenvalue weighted by Crippen LogP contribution is 2.22. The number of amides is 1. The molecule has 130 valence electrons. The van der Waals surface area contributed by atoms with Crippen LogP contribution in [0.2, 0.25) is 0 Å². The topological polar surface area (TPSA) is 57.7 Å². The largest absolute Gasteiger partial charge is 0.383 e. The summed E-state index contributed by atoms with van der Waals surface area (Å²) in [5, 5.41) is 4.04. The predicted molar refractivity (Wildman–Crippen MR) is 96.2 cm³/mol. The van der Waals surface area contributed by atoms with Crippen molar-refractivity contribution in [2.75, 3.05) is 53.0 Å². The molecule has 7 heteroatoms. The third-order valence-electron chi connectivity index (χ3n) is 4.16. The van der Waals surface area contributed by atoms with Crippen LogP contribution in [0.15, 0.2) is 24.3 Å². The zero-order valence-corrected chi connectivity index (χ0v) is 14.8. The Morgan fingerprint density at radius 2 is 2.00 bits per heavy atom. The van der Waals surface area contributed by atoms with Crippen molar-refractivity contribution >= 4 is 27.5 Å². The van der Waals surface area contributed by atoms with Crippen molar-refractivity contribution < 1.29 is 9.53 Å². The van der Waals surface area contributed by atoms with Gasteiger partial charge in [0.2, 0.25) is 5.91 Å². The van der Waals surface area contributed by atoms with Gasteiger partial charge in [0.15, 0.2) is 0 Å². The SMILES string of the molecule is COCCNC(=O)CN1CCN(Cc2nc3ccccc3s2)CC1. The number of methoxy groups -OCH3 is 1. The number of piperazine rings is 1. The van der Waals surface area contributed by atoms with Crippen molar-refractivity contribution in [1.29, 1.82) is 0 Å². The summed E-state index contributed by atoms with van der Waals surface area (Å²) in [5.74, 6) is 0.0756. The number of nitrogens with zero attached hydrogens (tertiary/aromatic N) is 3. The number of aromatic nitrogens is 1. The van der Waals surface area contributed by atoms with Crippen molar-refractivity contribution in [3.63, 3.8) is 0 Å². The maximum absolute atomic E-state index is 11.8. The molecule has 6 nitrogen and oxygen atoms in total. The first-order valence-electron chi connectivity index (χ1n) is 8.29. The fraction of sp³-hybridized carbons (Fsp3) is 0.529. The van der Waals surface area contributed by atoms with Crippen molar-refractivity contribution in [3.05, 3.63) is 29.3 Å². The van der Waals surface area contributed by atoms with Crippen LogP contribution in [0.4, 0.5) is 0 Å². The molecule has 1 aromatic heterocycles. The maximum Gasteiger partial charge on any atom is 0.234 e. The van der Waals surface area contributed by atoms with Crippen molar-refractivity contribution in [2.24, 2.45) is 0 Å². The number of carbonyl (C=O) groups excluding carboxylic acids is 1. The molecule has 1 N–H and O–H groups in total. The monoisotopic (exact) mass is 348 g/mol. The number of thiazole rings is 1. The molecule has 1 aliphatic heterocycles. The van der Waals surface area contributed by atoms with Gasteiger partial charge in [-0.3, -0.25) is 14.6 Å². The van der Waals surface area contributed by atoms with Gasteiger partial charge >= 0.3 is 0 Å². The molecule has 2 heterocycles. The summed E-state index contributed by atoms with van der Waals surface area (Å²) in [6, 6.07) is 8.27. The Balaban J connectivity index is 1.42. The summed E-state index contributed by atoms with van der Waals surface area (Å²) in [7, 11) is 1.64. The Hall–Kier alpha value is -1.54. The van der Waals surface area contributed by atoms with E-state index >= 15 is 0 Å². The molecule has 1 fully saturated rings. The molecule has 0 saturated carbocycles. The smallest absolute Gasteiger partial charge is 0.234 e. The average molecular weight is 348 g/mol. The molecule has 0 atom stereocenters. The van der Waals surface area contributed by atoms with Gasteiger partial charge in [-0.05, 0) is 12.1 Å². The number of fused-ring (bicyclic) bond motifs is 1. The van der Waals surface area contributed by atoms with Crippen LogP contribution in [0.5, 0.6) is 0 Å².